The fraction of sp³-hybridized carbons (Fsp3) is 0. The SMILES string of the molecule is c1ccc(-c2nc(-c3ccccc3)nc(-c3cccc4sc5cc(-c6cccc7sc8cccc(-n9c%10ccccc%10c%10ccccc%109)c8c67)ccc5c34)n2)cc1. The molecule has 8 aromatic carbocycles. The molecule has 4 aromatic heterocycles. The number of benzene rings is 8. The van der Waals surface area contributed by atoms with E-state index < -0.39 is 0 Å². The number of fused-ring (bicyclic) bond motifs is 9. The van der Waals surface area contributed by atoms with Crippen LogP contribution in [0.15, 0.2) is 182 Å². The quantitative estimate of drug-likeness (QED) is 0.175. The summed E-state index contributed by atoms with van der Waals surface area (Å²) >= 11 is 3.69. The molecular formula is C51H30N4S2. The minimum atomic E-state index is 0.662. The summed E-state index contributed by atoms with van der Waals surface area (Å²) in [4.78, 5) is 15.2. The van der Waals surface area contributed by atoms with Gasteiger partial charge in [-0.25, -0.2) is 15.0 Å². The zero-order valence-electron chi connectivity index (χ0n) is 30.4. The van der Waals surface area contributed by atoms with E-state index in [0.717, 1.165) is 16.7 Å². The lowest BCUT2D eigenvalue weighted by atomic mass is 9.97. The first kappa shape index (κ1) is 32.3. The smallest absolute Gasteiger partial charge is 0.164 e. The van der Waals surface area contributed by atoms with Crippen molar-refractivity contribution in [2.75, 3.05) is 0 Å². The van der Waals surface area contributed by atoms with Crippen LogP contribution < -0.4 is 0 Å². The summed E-state index contributed by atoms with van der Waals surface area (Å²) in [6, 6.07) is 64.9. The first-order valence-corrected chi connectivity index (χ1v) is 20.7. The minimum Gasteiger partial charge on any atom is -0.309 e. The maximum Gasteiger partial charge on any atom is 0.164 e. The second-order valence-electron chi connectivity index (χ2n) is 14.3. The zero-order chi connectivity index (χ0) is 37.5. The van der Waals surface area contributed by atoms with Crippen molar-refractivity contribution in [2.24, 2.45) is 0 Å². The average Bonchev–Trinajstić information content (AvgIpc) is 3.96. The molecular weight excluding hydrogens is 733 g/mol. The van der Waals surface area contributed by atoms with Crippen LogP contribution in [0.25, 0.3) is 113 Å². The Morgan fingerprint density at radius 1 is 0.333 bits per heavy atom. The maximum atomic E-state index is 5.11. The second-order valence-corrected chi connectivity index (χ2v) is 16.5. The lowest BCUT2D eigenvalue weighted by molar-refractivity contribution is 1.08. The summed E-state index contributed by atoms with van der Waals surface area (Å²) in [6.45, 7) is 0. The van der Waals surface area contributed by atoms with Gasteiger partial charge in [0.25, 0.3) is 0 Å². The molecule has 0 bridgehead atoms. The summed E-state index contributed by atoms with van der Waals surface area (Å²) < 4.78 is 7.46. The van der Waals surface area contributed by atoms with Gasteiger partial charge in [-0.3, -0.25) is 0 Å². The highest BCUT2D eigenvalue weighted by Gasteiger charge is 2.21. The van der Waals surface area contributed by atoms with Crippen LogP contribution in [0.1, 0.15) is 0 Å². The number of nitrogens with zero attached hydrogens (tertiary/aromatic N) is 4. The Morgan fingerprint density at radius 3 is 1.53 bits per heavy atom. The van der Waals surface area contributed by atoms with Crippen LogP contribution in [0.4, 0.5) is 0 Å². The molecule has 4 nitrogen and oxygen atoms in total. The molecule has 12 aromatic rings. The maximum absolute atomic E-state index is 5.11. The predicted octanol–water partition coefficient (Wildman–Crippen LogP) is 14.4. The molecule has 0 saturated carbocycles. The molecule has 4 heterocycles. The Morgan fingerprint density at radius 2 is 0.860 bits per heavy atom. The number of rotatable bonds is 5. The Kier molecular flexibility index (Phi) is 7.24. The Hall–Kier alpha value is -6.99. The van der Waals surface area contributed by atoms with Crippen molar-refractivity contribution in [2.45, 2.75) is 0 Å². The second kappa shape index (κ2) is 12.8. The number of hydrogen-bond donors (Lipinski definition) is 0. The van der Waals surface area contributed by atoms with Crippen LogP contribution in [0.5, 0.6) is 0 Å². The summed E-state index contributed by atoms with van der Waals surface area (Å²) in [7, 11) is 0. The number of hydrogen-bond acceptors (Lipinski definition) is 5. The van der Waals surface area contributed by atoms with E-state index in [1.165, 1.54) is 79.0 Å². The summed E-state index contributed by atoms with van der Waals surface area (Å²) in [6.07, 6.45) is 0. The van der Waals surface area contributed by atoms with Gasteiger partial charge in [-0.15, -0.1) is 22.7 Å². The fourth-order valence-electron chi connectivity index (χ4n) is 8.57. The fourth-order valence-corrected chi connectivity index (χ4v) is 10.9. The standard InChI is InChI=1S/C51H30N4S2/c1-3-14-31(15-4-1)49-52-50(32-16-5-2-6-17-32)54-51(53-49)38-21-12-25-42-46(38)37-29-28-33(30-45(37)57-42)34-20-11-26-43-47(34)48-41(24-13-27-44(48)56-43)55-39-22-9-7-18-35(39)36-19-8-10-23-40(36)55/h1-30H. The molecule has 0 aliphatic heterocycles. The lowest BCUT2D eigenvalue weighted by Gasteiger charge is -2.12. The zero-order valence-corrected chi connectivity index (χ0v) is 32.1. The molecule has 0 fully saturated rings. The molecule has 0 amide bonds. The first-order valence-electron chi connectivity index (χ1n) is 19.0. The van der Waals surface area contributed by atoms with Crippen LogP contribution in [-0.2, 0) is 0 Å². The third-order valence-electron chi connectivity index (χ3n) is 11.1. The van der Waals surface area contributed by atoms with Crippen molar-refractivity contribution in [1.29, 1.82) is 0 Å². The molecule has 57 heavy (non-hydrogen) atoms. The molecule has 0 aliphatic rings. The van der Waals surface area contributed by atoms with Gasteiger partial charge in [0.05, 0.1) is 16.7 Å². The topological polar surface area (TPSA) is 43.6 Å². The Labute approximate surface area is 335 Å². The number of aromatic nitrogens is 4. The molecule has 0 N–H and O–H groups in total. The van der Waals surface area contributed by atoms with Crippen molar-refractivity contribution in [1.82, 2.24) is 19.5 Å². The summed E-state index contributed by atoms with van der Waals surface area (Å²) in [5.41, 5.74) is 9.01. The van der Waals surface area contributed by atoms with Gasteiger partial charge in [0.1, 0.15) is 0 Å². The van der Waals surface area contributed by atoms with Crippen LogP contribution in [-0.4, -0.2) is 19.5 Å². The van der Waals surface area contributed by atoms with Gasteiger partial charge in [-0.05, 0) is 53.6 Å². The van der Waals surface area contributed by atoms with Crippen LogP contribution in [0.3, 0.4) is 0 Å². The monoisotopic (exact) mass is 762 g/mol. The molecule has 6 heteroatoms. The van der Waals surface area contributed by atoms with Crippen molar-refractivity contribution in [3.05, 3.63) is 182 Å². The van der Waals surface area contributed by atoms with E-state index in [1.54, 1.807) is 0 Å². The molecule has 0 aliphatic carbocycles. The Bertz CT molecular complexity index is 3410. The van der Waals surface area contributed by atoms with Gasteiger partial charge >= 0.3 is 0 Å². The lowest BCUT2D eigenvalue weighted by Crippen LogP contribution is -2.00. The normalized spacial score (nSPS) is 11.9. The molecule has 0 saturated heterocycles. The van der Waals surface area contributed by atoms with Crippen LogP contribution in [0.2, 0.25) is 0 Å². The van der Waals surface area contributed by atoms with Gasteiger partial charge < -0.3 is 4.57 Å². The number of thiophene rings is 2. The minimum absolute atomic E-state index is 0.662. The molecule has 12 rings (SSSR count). The van der Waals surface area contributed by atoms with Gasteiger partial charge in [0.15, 0.2) is 17.5 Å². The summed E-state index contributed by atoms with van der Waals surface area (Å²) in [5.74, 6) is 1.99. The first-order chi connectivity index (χ1) is 28.3. The van der Waals surface area contributed by atoms with Crippen molar-refractivity contribution >= 4 is 84.8 Å². The third kappa shape index (κ3) is 5.08. The largest absolute Gasteiger partial charge is 0.309 e. The third-order valence-corrected chi connectivity index (χ3v) is 13.3. The molecule has 266 valence electrons. The highest BCUT2D eigenvalue weighted by atomic mass is 32.1. The van der Waals surface area contributed by atoms with Gasteiger partial charge in [-0.2, -0.15) is 0 Å². The average molecular weight is 763 g/mol. The van der Waals surface area contributed by atoms with E-state index in [1.807, 2.05) is 59.1 Å². The van der Waals surface area contributed by atoms with E-state index >= 15 is 0 Å². The van der Waals surface area contributed by atoms with Crippen LogP contribution >= 0.6 is 22.7 Å². The van der Waals surface area contributed by atoms with E-state index in [4.69, 9.17) is 15.0 Å². The van der Waals surface area contributed by atoms with Crippen LogP contribution in [0, 0.1) is 0 Å². The number of para-hydroxylation sites is 2. The van der Waals surface area contributed by atoms with Crippen molar-refractivity contribution in [3.63, 3.8) is 0 Å². The van der Waals surface area contributed by atoms with Crippen molar-refractivity contribution in [3.8, 4) is 51.0 Å². The Balaban J connectivity index is 1.06. The van der Waals surface area contributed by atoms with Crippen molar-refractivity contribution < 1.29 is 0 Å². The van der Waals surface area contributed by atoms with E-state index in [9.17, 15) is 0 Å². The molecule has 0 atom stereocenters. The molecule has 0 unspecified atom stereocenters. The summed E-state index contributed by atoms with van der Waals surface area (Å²) in [5, 5.41) is 7.49. The van der Waals surface area contributed by atoms with E-state index in [-0.39, 0.29) is 0 Å². The molecule has 0 spiro atoms. The predicted molar refractivity (Wildman–Crippen MR) is 242 cm³/mol. The highest BCUT2D eigenvalue weighted by molar-refractivity contribution is 7.26. The van der Waals surface area contributed by atoms with E-state index in [0.29, 0.717) is 17.5 Å². The van der Waals surface area contributed by atoms with Gasteiger partial charge in [-0.1, -0.05) is 140 Å². The van der Waals surface area contributed by atoms with E-state index in [2.05, 4.69) is 150 Å². The molecule has 0 radical (unpaired) electrons. The highest BCUT2D eigenvalue weighted by Crippen LogP contribution is 2.46. The van der Waals surface area contributed by atoms with Gasteiger partial charge in [0.2, 0.25) is 0 Å². The van der Waals surface area contributed by atoms with Gasteiger partial charge in [0, 0.05) is 67.8 Å².